The molecule has 0 aromatic heterocycles. The lowest BCUT2D eigenvalue weighted by atomic mass is 10.4. The molecule has 0 aliphatic rings. The third-order valence-corrected chi connectivity index (χ3v) is 0.971. The lowest BCUT2D eigenvalue weighted by Gasteiger charge is -1.77. The number of alkyl halides is 1. The molecule has 1 nitrogen and oxygen atoms in total. The van der Waals surface area contributed by atoms with Crippen molar-refractivity contribution in [2.45, 2.75) is 0 Å². The van der Waals surface area contributed by atoms with Crippen LogP contribution in [0, 0.1) is 11.3 Å². The summed E-state index contributed by atoms with van der Waals surface area (Å²) in [4.78, 5) is 0. The summed E-state index contributed by atoms with van der Waals surface area (Å²) in [6.07, 6.45) is 0. The summed E-state index contributed by atoms with van der Waals surface area (Å²) in [6.45, 7) is 0. The number of hydrogen-bond donors (Lipinski definition) is 0. The lowest BCUT2D eigenvalue weighted by molar-refractivity contribution is 1.46. The van der Waals surface area contributed by atoms with Crippen molar-refractivity contribution in [2.24, 2.45) is 0 Å². The molecular weight excluding hydrogens is 133 g/mol. The van der Waals surface area contributed by atoms with Gasteiger partial charge < -0.3 is 0 Å². The van der Waals surface area contributed by atoms with E-state index in [1.54, 1.807) is 6.07 Å². The van der Waals surface area contributed by atoms with Gasteiger partial charge in [-0.15, -0.1) is 11.6 Å². The Bertz CT molecular complexity index is 111. The topological polar surface area (TPSA) is 23.8 Å². The summed E-state index contributed by atoms with van der Waals surface area (Å²) in [6, 6.07) is 1.80. The predicted octanol–water partition coefficient (Wildman–Crippen LogP) is 1.87. The summed E-state index contributed by atoms with van der Waals surface area (Å²) < 4.78 is 0. The molecule has 0 fully saturated rings. The van der Waals surface area contributed by atoms with E-state index in [9.17, 15) is 0 Å². The highest BCUT2D eigenvalue weighted by Gasteiger charge is 1.85. The van der Waals surface area contributed by atoms with Crippen molar-refractivity contribution in [3.8, 4) is 6.07 Å². The average molecular weight is 136 g/mol. The summed E-state index contributed by atoms with van der Waals surface area (Å²) in [5.74, 6) is 0.194. The fraction of sp³-hybridized carbons (Fsp3) is 0.250. The van der Waals surface area contributed by atoms with E-state index in [4.69, 9.17) is 28.5 Å². The van der Waals surface area contributed by atoms with E-state index in [1.807, 2.05) is 0 Å². The van der Waals surface area contributed by atoms with Crippen molar-refractivity contribution in [3.63, 3.8) is 0 Å². The molecule has 7 heavy (non-hydrogen) atoms. The van der Waals surface area contributed by atoms with Gasteiger partial charge in [0.1, 0.15) is 0 Å². The maximum atomic E-state index is 8.04. The molecule has 0 radical (unpaired) electrons. The van der Waals surface area contributed by atoms with Gasteiger partial charge >= 0.3 is 0 Å². The van der Waals surface area contributed by atoms with Crippen molar-refractivity contribution in [2.75, 3.05) is 5.88 Å². The number of allylic oxidation sites excluding steroid dienone is 1. The molecule has 0 spiro atoms. The van der Waals surface area contributed by atoms with E-state index >= 15 is 0 Å². The van der Waals surface area contributed by atoms with Gasteiger partial charge in [-0.2, -0.15) is 5.26 Å². The molecule has 0 heterocycles. The van der Waals surface area contributed by atoms with Crippen LogP contribution in [0.1, 0.15) is 0 Å². The Labute approximate surface area is 52.1 Å². The molecule has 0 saturated heterocycles. The zero-order chi connectivity index (χ0) is 5.70. The van der Waals surface area contributed by atoms with Crippen LogP contribution in [0.4, 0.5) is 0 Å². The van der Waals surface area contributed by atoms with Crippen LogP contribution in [-0.4, -0.2) is 5.88 Å². The van der Waals surface area contributed by atoms with Gasteiger partial charge in [0.25, 0.3) is 0 Å². The zero-order valence-corrected chi connectivity index (χ0v) is 5.00. The summed E-state index contributed by atoms with van der Waals surface area (Å²) >= 11 is 10.3. The van der Waals surface area contributed by atoms with Crippen LogP contribution < -0.4 is 0 Å². The molecule has 0 N–H and O–H groups in total. The van der Waals surface area contributed by atoms with Gasteiger partial charge in [-0.05, 0) is 0 Å². The molecule has 0 saturated carbocycles. The van der Waals surface area contributed by atoms with Gasteiger partial charge in [-0.3, -0.25) is 0 Å². The third-order valence-electron chi connectivity index (χ3n) is 0.419. The van der Waals surface area contributed by atoms with E-state index in [-0.39, 0.29) is 5.88 Å². The Morgan fingerprint density at radius 3 is 2.43 bits per heavy atom. The monoisotopic (exact) mass is 135 g/mol. The quantitative estimate of drug-likeness (QED) is 0.398. The van der Waals surface area contributed by atoms with Gasteiger partial charge in [0.15, 0.2) is 0 Å². The Hall–Kier alpha value is -0.190. The highest BCUT2D eigenvalue weighted by Crippen LogP contribution is 1.95. The van der Waals surface area contributed by atoms with Crippen LogP contribution in [0.15, 0.2) is 11.1 Å². The smallest absolute Gasteiger partial charge is 0.0969 e. The molecule has 0 amide bonds. The maximum Gasteiger partial charge on any atom is 0.0969 e. The van der Waals surface area contributed by atoms with E-state index in [0.29, 0.717) is 5.57 Å². The first-order chi connectivity index (χ1) is 3.35. The minimum absolute atomic E-state index is 0.194. The molecule has 0 unspecified atom stereocenters. The van der Waals surface area contributed by atoms with Gasteiger partial charge in [0.2, 0.25) is 0 Å². The second-order valence-electron chi connectivity index (χ2n) is 0.880. The number of hydrogen-bond acceptors (Lipinski definition) is 1. The summed E-state index contributed by atoms with van der Waals surface area (Å²) in [5.41, 5.74) is 1.57. The van der Waals surface area contributed by atoms with E-state index in [0.717, 1.165) is 0 Å². The van der Waals surface area contributed by atoms with E-state index < -0.39 is 0 Å². The lowest BCUT2D eigenvalue weighted by Crippen LogP contribution is -1.73. The van der Waals surface area contributed by atoms with Crippen LogP contribution in [0.2, 0.25) is 0 Å². The Kier molecular flexibility index (Phi) is 3.87. The summed E-state index contributed by atoms with van der Waals surface area (Å²) in [7, 11) is 0. The van der Waals surface area contributed by atoms with Crippen LogP contribution >= 0.6 is 23.2 Å². The van der Waals surface area contributed by atoms with Gasteiger partial charge in [-0.1, -0.05) is 11.6 Å². The molecule has 0 aliphatic heterocycles. The van der Waals surface area contributed by atoms with Crippen molar-refractivity contribution in [3.05, 3.63) is 11.1 Å². The van der Waals surface area contributed by atoms with Crippen LogP contribution in [0.25, 0.3) is 0 Å². The SMILES string of the molecule is N#C/C(=C/Cl)CCl. The zero-order valence-electron chi connectivity index (χ0n) is 3.49. The molecule has 38 valence electrons. The van der Waals surface area contributed by atoms with E-state index in [2.05, 4.69) is 0 Å². The molecule has 0 aromatic rings. The van der Waals surface area contributed by atoms with Crippen molar-refractivity contribution in [1.82, 2.24) is 0 Å². The highest BCUT2D eigenvalue weighted by molar-refractivity contribution is 6.27. The number of rotatable bonds is 1. The van der Waals surface area contributed by atoms with Crippen LogP contribution in [-0.2, 0) is 0 Å². The Morgan fingerprint density at radius 1 is 1.86 bits per heavy atom. The molecule has 3 heteroatoms. The second kappa shape index (κ2) is 3.98. The fourth-order valence-corrected chi connectivity index (χ4v) is 0.425. The van der Waals surface area contributed by atoms with Crippen molar-refractivity contribution < 1.29 is 0 Å². The van der Waals surface area contributed by atoms with E-state index in [1.165, 1.54) is 5.54 Å². The minimum atomic E-state index is 0.194. The Balaban J connectivity index is 3.68. The minimum Gasteiger partial charge on any atom is -0.193 e. The standard InChI is InChI=1S/C4H3Cl2N/c5-1-4(2-6)3-7/h1H,2H2/b4-1+. The highest BCUT2D eigenvalue weighted by atomic mass is 35.5. The van der Waals surface area contributed by atoms with Gasteiger partial charge in [0, 0.05) is 5.54 Å². The molecule has 0 rings (SSSR count). The molecule has 0 aliphatic carbocycles. The van der Waals surface area contributed by atoms with Gasteiger partial charge in [-0.25, -0.2) is 0 Å². The molecule has 0 atom stereocenters. The van der Waals surface area contributed by atoms with Crippen molar-refractivity contribution >= 4 is 23.2 Å². The first-order valence-corrected chi connectivity index (χ1v) is 2.57. The summed E-state index contributed by atoms with van der Waals surface area (Å²) in [5, 5.41) is 8.04. The third kappa shape index (κ3) is 2.50. The first kappa shape index (κ1) is 6.81. The number of nitrogens with zero attached hydrogens (tertiary/aromatic N) is 1. The average Bonchev–Trinajstić information content (AvgIpc) is 1.72. The normalized spacial score (nSPS) is 10.7. The fourth-order valence-electron chi connectivity index (χ4n) is 0.0834. The number of nitriles is 1. The number of halogens is 2. The second-order valence-corrected chi connectivity index (χ2v) is 1.37. The first-order valence-electron chi connectivity index (χ1n) is 1.60. The van der Waals surface area contributed by atoms with Gasteiger partial charge in [0.05, 0.1) is 17.5 Å². The maximum absolute atomic E-state index is 8.04. The largest absolute Gasteiger partial charge is 0.193 e. The molecular formula is C4H3Cl2N. The molecule has 0 bridgehead atoms. The Morgan fingerprint density at radius 2 is 2.43 bits per heavy atom. The van der Waals surface area contributed by atoms with Crippen LogP contribution in [0.5, 0.6) is 0 Å². The molecule has 0 aromatic carbocycles. The van der Waals surface area contributed by atoms with Crippen molar-refractivity contribution in [1.29, 1.82) is 5.26 Å². The predicted molar refractivity (Wildman–Crippen MR) is 30.3 cm³/mol. The van der Waals surface area contributed by atoms with Crippen LogP contribution in [0.3, 0.4) is 0 Å².